The molecule has 1 aromatic carbocycles. The van der Waals surface area contributed by atoms with E-state index >= 15 is 0 Å². The highest BCUT2D eigenvalue weighted by Crippen LogP contribution is 2.49. The minimum absolute atomic E-state index is 0.0514. The number of ketones is 1. The fourth-order valence-electron chi connectivity index (χ4n) is 4.90. The minimum Gasteiger partial charge on any atom is -0.496 e. The van der Waals surface area contributed by atoms with E-state index in [0.717, 1.165) is 27.9 Å². The summed E-state index contributed by atoms with van der Waals surface area (Å²) in [6, 6.07) is 5.75. The Kier molecular flexibility index (Phi) is 6.01. The number of morpholine rings is 1. The van der Waals surface area contributed by atoms with Crippen molar-refractivity contribution in [2.75, 3.05) is 33.4 Å². The van der Waals surface area contributed by atoms with Crippen LogP contribution in [0, 0.1) is 5.41 Å². The van der Waals surface area contributed by atoms with Gasteiger partial charge >= 0.3 is 0 Å². The molecule has 2 heterocycles. The molecule has 0 saturated carbocycles. The second kappa shape index (κ2) is 8.43. The summed E-state index contributed by atoms with van der Waals surface area (Å²) in [6.45, 7) is 8.29. The molecular formula is C24H29BrN2O4. The summed E-state index contributed by atoms with van der Waals surface area (Å²) in [5, 5.41) is 3.43. The Morgan fingerprint density at radius 1 is 1.26 bits per heavy atom. The molecule has 1 N–H and O–H groups in total. The van der Waals surface area contributed by atoms with E-state index in [2.05, 4.69) is 35.1 Å². The number of benzene rings is 1. The SMILES string of the molecule is COc1ccc(Br)cc1C1C(C(=O)N2CCOCC2)=C(C)NC2=C1C(=O)CC(C)(C)C2. The quantitative estimate of drug-likeness (QED) is 0.698. The zero-order chi connectivity index (χ0) is 22.3. The van der Waals surface area contributed by atoms with E-state index in [4.69, 9.17) is 9.47 Å². The second-order valence-corrected chi connectivity index (χ2v) is 10.1. The number of halogens is 1. The molecule has 0 bridgehead atoms. The van der Waals surface area contributed by atoms with Crippen LogP contribution in [0.4, 0.5) is 0 Å². The van der Waals surface area contributed by atoms with Crippen LogP contribution in [0.2, 0.25) is 0 Å². The van der Waals surface area contributed by atoms with E-state index in [1.807, 2.05) is 30.0 Å². The molecule has 0 radical (unpaired) electrons. The van der Waals surface area contributed by atoms with Gasteiger partial charge in [-0.1, -0.05) is 29.8 Å². The van der Waals surface area contributed by atoms with Crippen LogP contribution in [-0.4, -0.2) is 50.0 Å². The Morgan fingerprint density at radius 2 is 1.97 bits per heavy atom. The molecular weight excluding hydrogens is 460 g/mol. The molecule has 6 nitrogen and oxygen atoms in total. The summed E-state index contributed by atoms with van der Waals surface area (Å²) in [5.74, 6) is 0.234. The Labute approximate surface area is 191 Å². The van der Waals surface area contributed by atoms with E-state index < -0.39 is 5.92 Å². The Balaban J connectivity index is 1.89. The lowest BCUT2D eigenvalue weighted by Gasteiger charge is -2.41. The number of Topliss-reactive ketones (excluding diaryl/α,β-unsaturated/α-hetero) is 1. The fraction of sp³-hybridized carbons (Fsp3) is 0.500. The van der Waals surface area contributed by atoms with Gasteiger partial charge in [-0.05, 0) is 37.0 Å². The third-order valence-electron chi connectivity index (χ3n) is 6.27. The van der Waals surface area contributed by atoms with Crippen LogP contribution in [0.25, 0.3) is 0 Å². The number of amides is 1. The van der Waals surface area contributed by atoms with E-state index in [1.54, 1.807) is 7.11 Å². The third-order valence-corrected chi connectivity index (χ3v) is 6.76. The first-order chi connectivity index (χ1) is 14.7. The summed E-state index contributed by atoms with van der Waals surface area (Å²) < 4.78 is 12.0. The summed E-state index contributed by atoms with van der Waals surface area (Å²) in [4.78, 5) is 29.0. The van der Waals surface area contributed by atoms with Crippen LogP contribution >= 0.6 is 15.9 Å². The number of methoxy groups -OCH3 is 1. The molecule has 2 aliphatic heterocycles. The lowest BCUT2D eigenvalue weighted by molar-refractivity contribution is -0.131. The van der Waals surface area contributed by atoms with Gasteiger partial charge in [-0.25, -0.2) is 0 Å². The molecule has 1 saturated heterocycles. The molecule has 1 unspecified atom stereocenters. The van der Waals surface area contributed by atoms with Gasteiger partial charge in [-0.3, -0.25) is 9.59 Å². The van der Waals surface area contributed by atoms with Crippen molar-refractivity contribution in [1.29, 1.82) is 0 Å². The van der Waals surface area contributed by atoms with E-state index in [0.29, 0.717) is 49.6 Å². The molecule has 7 heteroatoms. The van der Waals surface area contributed by atoms with Crippen LogP contribution in [0.3, 0.4) is 0 Å². The van der Waals surface area contributed by atoms with Gasteiger partial charge in [0.25, 0.3) is 5.91 Å². The van der Waals surface area contributed by atoms with Crippen molar-refractivity contribution in [2.45, 2.75) is 39.5 Å². The van der Waals surface area contributed by atoms with Crippen molar-refractivity contribution in [1.82, 2.24) is 10.2 Å². The van der Waals surface area contributed by atoms with Gasteiger partial charge < -0.3 is 19.7 Å². The number of hydrogen-bond donors (Lipinski definition) is 1. The standard InChI is InChI=1S/C24H29BrN2O4/c1-14-20(23(29)27-7-9-31-10-8-27)21(16-11-15(25)5-6-19(16)30-4)22-17(26-14)12-24(2,3)13-18(22)28/h5-6,11,21,26H,7-10,12-13H2,1-4H3. The smallest absolute Gasteiger partial charge is 0.252 e. The molecule has 1 aliphatic carbocycles. The second-order valence-electron chi connectivity index (χ2n) is 9.22. The van der Waals surface area contributed by atoms with Crippen molar-refractivity contribution in [3.63, 3.8) is 0 Å². The molecule has 1 atom stereocenters. The molecule has 1 amide bonds. The van der Waals surface area contributed by atoms with Crippen LogP contribution in [-0.2, 0) is 14.3 Å². The highest BCUT2D eigenvalue weighted by Gasteiger charge is 2.44. The predicted molar refractivity (Wildman–Crippen MR) is 122 cm³/mol. The highest BCUT2D eigenvalue weighted by molar-refractivity contribution is 9.10. The molecule has 1 aromatic rings. The lowest BCUT2D eigenvalue weighted by Crippen LogP contribution is -2.45. The molecule has 0 spiro atoms. The van der Waals surface area contributed by atoms with Crippen LogP contribution in [0.1, 0.15) is 45.1 Å². The first-order valence-electron chi connectivity index (χ1n) is 10.7. The zero-order valence-electron chi connectivity index (χ0n) is 18.5. The van der Waals surface area contributed by atoms with Crippen LogP contribution in [0.5, 0.6) is 5.75 Å². The third kappa shape index (κ3) is 4.17. The van der Waals surface area contributed by atoms with Gasteiger partial charge in [-0.2, -0.15) is 0 Å². The number of dihydropyridines is 1. The average Bonchev–Trinajstić information content (AvgIpc) is 2.72. The number of nitrogens with one attached hydrogen (secondary N) is 1. The van der Waals surface area contributed by atoms with E-state index in [9.17, 15) is 9.59 Å². The van der Waals surface area contributed by atoms with Crippen molar-refractivity contribution in [3.8, 4) is 5.75 Å². The first-order valence-corrected chi connectivity index (χ1v) is 11.5. The number of hydrogen-bond acceptors (Lipinski definition) is 5. The van der Waals surface area contributed by atoms with Crippen LogP contribution < -0.4 is 10.1 Å². The predicted octanol–water partition coefficient (Wildman–Crippen LogP) is 3.92. The number of carbonyl (C=O) groups is 2. The summed E-state index contributed by atoms with van der Waals surface area (Å²) >= 11 is 3.56. The number of nitrogens with zero attached hydrogens (tertiary/aromatic N) is 1. The molecule has 4 rings (SSSR count). The van der Waals surface area contributed by atoms with Crippen molar-refractivity contribution in [3.05, 3.63) is 50.8 Å². The van der Waals surface area contributed by atoms with Gasteiger partial charge in [0.1, 0.15) is 5.75 Å². The monoisotopic (exact) mass is 488 g/mol. The first kappa shape index (κ1) is 22.1. The molecule has 1 fully saturated rings. The molecule has 3 aliphatic rings. The maximum absolute atomic E-state index is 13.7. The normalized spacial score (nSPS) is 23.5. The Hall–Kier alpha value is -2.12. The summed E-state index contributed by atoms with van der Waals surface area (Å²) in [7, 11) is 1.62. The van der Waals surface area contributed by atoms with Crippen molar-refractivity contribution >= 4 is 27.6 Å². The number of allylic oxidation sites excluding steroid dienone is 3. The molecule has 166 valence electrons. The van der Waals surface area contributed by atoms with Gasteiger partial charge in [0.2, 0.25) is 0 Å². The van der Waals surface area contributed by atoms with Gasteiger partial charge in [0.15, 0.2) is 5.78 Å². The minimum atomic E-state index is -0.470. The molecule has 0 aromatic heterocycles. The van der Waals surface area contributed by atoms with Crippen LogP contribution in [0.15, 0.2) is 45.2 Å². The van der Waals surface area contributed by atoms with Gasteiger partial charge in [-0.15, -0.1) is 0 Å². The topological polar surface area (TPSA) is 67.9 Å². The highest BCUT2D eigenvalue weighted by atomic mass is 79.9. The fourth-order valence-corrected chi connectivity index (χ4v) is 5.28. The number of rotatable bonds is 3. The van der Waals surface area contributed by atoms with E-state index in [-0.39, 0.29) is 17.1 Å². The maximum atomic E-state index is 13.7. The van der Waals surface area contributed by atoms with Crippen molar-refractivity contribution < 1.29 is 19.1 Å². The Morgan fingerprint density at radius 3 is 2.65 bits per heavy atom. The van der Waals surface area contributed by atoms with Gasteiger partial charge in [0.05, 0.1) is 26.2 Å². The number of carbonyl (C=O) groups excluding carboxylic acids is 2. The van der Waals surface area contributed by atoms with Gasteiger partial charge in [0, 0.05) is 52.1 Å². The number of ether oxygens (including phenoxy) is 2. The van der Waals surface area contributed by atoms with Crippen molar-refractivity contribution in [2.24, 2.45) is 5.41 Å². The lowest BCUT2D eigenvalue weighted by atomic mass is 9.68. The average molecular weight is 489 g/mol. The summed E-state index contributed by atoms with van der Waals surface area (Å²) in [6.07, 6.45) is 1.22. The Bertz CT molecular complexity index is 989. The van der Waals surface area contributed by atoms with E-state index in [1.165, 1.54) is 0 Å². The zero-order valence-corrected chi connectivity index (χ0v) is 20.1. The molecule has 31 heavy (non-hydrogen) atoms. The maximum Gasteiger partial charge on any atom is 0.252 e. The largest absolute Gasteiger partial charge is 0.496 e. The summed E-state index contributed by atoms with van der Waals surface area (Å²) in [5.41, 5.74) is 3.73.